The third kappa shape index (κ3) is 49.7. The van der Waals surface area contributed by atoms with Crippen LogP contribution in [0, 0.1) is 0 Å². The lowest BCUT2D eigenvalue weighted by molar-refractivity contribution is -0.163. The zero-order chi connectivity index (χ0) is 44.9. The molecule has 62 heavy (non-hydrogen) atoms. The van der Waals surface area contributed by atoms with Gasteiger partial charge < -0.3 is 14.2 Å². The van der Waals surface area contributed by atoms with Crippen molar-refractivity contribution in [3.63, 3.8) is 0 Å². The predicted octanol–water partition coefficient (Wildman–Crippen LogP) is 17.7. The number of carbonyl (C=O) groups is 2. The van der Waals surface area contributed by atoms with Crippen LogP contribution in [0.25, 0.3) is 0 Å². The normalized spacial score (nSPS) is 12.9. The molecule has 5 heteroatoms. The lowest BCUT2D eigenvalue weighted by Crippen LogP contribution is -2.30. The second-order valence-corrected chi connectivity index (χ2v) is 17.0. The lowest BCUT2D eigenvalue weighted by Gasteiger charge is -2.18. The van der Waals surface area contributed by atoms with Crippen molar-refractivity contribution in [1.82, 2.24) is 0 Å². The first-order chi connectivity index (χ1) is 30.6. The molecule has 0 aliphatic carbocycles. The molecular weight excluding hydrogens is 765 g/mol. The summed E-state index contributed by atoms with van der Waals surface area (Å²) in [5.74, 6) is -0.433. The fraction of sp³-hybridized carbons (Fsp3) is 0.719. The van der Waals surface area contributed by atoms with Crippen molar-refractivity contribution >= 4 is 11.9 Å². The molecule has 0 heterocycles. The third-order valence-electron chi connectivity index (χ3n) is 10.9. The maximum atomic E-state index is 12.8. The number of allylic oxidation sites excluding steroid dienone is 14. The molecular formula is C57H98O5. The summed E-state index contributed by atoms with van der Waals surface area (Å²) in [5.41, 5.74) is 0. The molecule has 0 aliphatic heterocycles. The van der Waals surface area contributed by atoms with Crippen LogP contribution in [0.3, 0.4) is 0 Å². The highest BCUT2D eigenvalue weighted by Gasteiger charge is 2.17. The average molecular weight is 863 g/mol. The highest BCUT2D eigenvalue weighted by Crippen LogP contribution is 2.13. The van der Waals surface area contributed by atoms with Gasteiger partial charge in [-0.3, -0.25) is 9.59 Å². The van der Waals surface area contributed by atoms with E-state index in [0.717, 1.165) is 103 Å². The van der Waals surface area contributed by atoms with Crippen LogP contribution in [-0.4, -0.2) is 37.9 Å². The van der Waals surface area contributed by atoms with Crippen LogP contribution in [0.5, 0.6) is 0 Å². The molecule has 1 atom stereocenters. The van der Waals surface area contributed by atoms with Gasteiger partial charge in [-0.15, -0.1) is 0 Å². The molecule has 1 unspecified atom stereocenters. The molecule has 0 radical (unpaired) electrons. The van der Waals surface area contributed by atoms with Crippen molar-refractivity contribution < 1.29 is 23.8 Å². The molecule has 356 valence electrons. The van der Waals surface area contributed by atoms with Crippen molar-refractivity contribution in [3.8, 4) is 0 Å². The molecule has 5 nitrogen and oxygen atoms in total. The molecule has 0 amide bonds. The Hall–Kier alpha value is -2.92. The van der Waals surface area contributed by atoms with Crippen molar-refractivity contribution in [2.75, 3.05) is 19.8 Å². The summed E-state index contributed by atoms with van der Waals surface area (Å²) >= 11 is 0. The molecule has 0 bridgehead atoms. The van der Waals surface area contributed by atoms with Gasteiger partial charge in [-0.05, 0) is 109 Å². The summed E-state index contributed by atoms with van der Waals surface area (Å²) in [4.78, 5) is 25.4. The minimum Gasteiger partial charge on any atom is -0.462 e. The highest BCUT2D eigenvalue weighted by atomic mass is 16.6. The topological polar surface area (TPSA) is 61.8 Å². The van der Waals surface area contributed by atoms with Crippen molar-refractivity contribution in [3.05, 3.63) is 85.1 Å². The van der Waals surface area contributed by atoms with E-state index in [0.29, 0.717) is 19.4 Å². The summed E-state index contributed by atoms with van der Waals surface area (Å²) in [7, 11) is 0. The van der Waals surface area contributed by atoms with E-state index in [2.05, 4.69) is 106 Å². The van der Waals surface area contributed by atoms with E-state index in [1.54, 1.807) is 0 Å². The molecule has 0 aromatic carbocycles. The first-order valence-electron chi connectivity index (χ1n) is 26.1. The number of rotatable bonds is 47. The van der Waals surface area contributed by atoms with Crippen molar-refractivity contribution in [2.24, 2.45) is 0 Å². The van der Waals surface area contributed by atoms with Gasteiger partial charge in [0, 0.05) is 19.4 Å². The van der Waals surface area contributed by atoms with E-state index in [1.807, 2.05) is 0 Å². The van der Waals surface area contributed by atoms with Crippen LogP contribution < -0.4 is 0 Å². The maximum Gasteiger partial charge on any atom is 0.306 e. The van der Waals surface area contributed by atoms with Gasteiger partial charge in [0.25, 0.3) is 0 Å². The zero-order valence-electron chi connectivity index (χ0n) is 40.9. The van der Waals surface area contributed by atoms with E-state index in [-0.39, 0.29) is 25.2 Å². The van der Waals surface area contributed by atoms with Crippen LogP contribution >= 0.6 is 0 Å². The van der Waals surface area contributed by atoms with Gasteiger partial charge in [-0.25, -0.2) is 0 Å². The molecule has 0 rings (SSSR count). The molecule has 0 N–H and O–H groups in total. The lowest BCUT2D eigenvalue weighted by atomic mass is 10.1. The van der Waals surface area contributed by atoms with E-state index in [1.165, 1.54) is 103 Å². The molecule has 0 spiro atoms. The van der Waals surface area contributed by atoms with E-state index < -0.39 is 6.10 Å². The molecule has 0 aromatic rings. The smallest absolute Gasteiger partial charge is 0.306 e. The highest BCUT2D eigenvalue weighted by molar-refractivity contribution is 5.70. The minimum atomic E-state index is -0.556. The SMILES string of the molecule is CC/C=C\C/C=C\C/C=C\C/C=C\CCCCCCCCC(=O)OCC(COCCCCCCCC/C=C\CCCCCC)OC(=O)CCCCCCC/C=C\C/C=C\CCC. The van der Waals surface area contributed by atoms with E-state index >= 15 is 0 Å². The largest absolute Gasteiger partial charge is 0.462 e. The second kappa shape index (κ2) is 52.4. The van der Waals surface area contributed by atoms with Crippen LogP contribution in [0.1, 0.15) is 239 Å². The second-order valence-electron chi connectivity index (χ2n) is 17.0. The predicted molar refractivity (Wildman–Crippen MR) is 270 cm³/mol. The van der Waals surface area contributed by atoms with Crippen molar-refractivity contribution in [1.29, 1.82) is 0 Å². The van der Waals surface area contributed by atoms with Crippen LogP contribution in [0.15, 0.2) is 85.1 Å². The number of hydrogen-bond acceptors (Lipinski definition) is 5. The Morgan fingerprint density at radius 3 is 1.24 bits per heavy atom. The van der Waals surface area contributed by atoms with E-state index in [4.69, 9.17) is 14.2 Å². The third-order valence-corrected chi connectivity index (χ3v) is 10.9. The maximum absolute atomic E-state index is 12.8. The quantitative estimate of drug-likeness (QED) is 0.0346. The Bertz CT molecular complexity index is 1160. The standard InChI is InChI=1S/C57H98O5/c1-4-7-10-13-16-19-22-25-27-28-29-30-31-33-35-38-41-44-47-50-56(58)61-54-55(53-60-52-49-46-43-40-37-34-26-23-20-17-14-11-8-5-2)62-57(59)51-48-45-42-39-36-32-24-21-18-15-12-9-6-3/h7,10,12,15-16,19-21,23-25,27,29-30,55H,4-6,8-9,11,13-14,17-18,22,26,28,31-54H2,1-3H3/b10-7-,15-12-,19-16-,23-20-,24-21-,27-25-,30-29-. The summed E-state index contributed by atoms with van der Waals surface area (Å²) in [6.07, 6.45) is 68.7. The first-order valence-corrected chi connectivity index (χ1v) is 26.1. The van der Waals surface area contributed by atoms with Crippen LogP contribution in [-0.2, 0) is 23.8 Å². The fourth-order valence-corrected chi connectivity index (χ4v) is 7.00. The van der Waals surface area contributed by atoms with Gasteiger partial charge in [0.15, 0.2) is 6.10 Å². The fourth-order valence-electron chi connectivity index (χ4n) is 7.00. The Balaban J connectivity index is 4.31. The van der Waals surface area contributed by atoms with Gasteiger partial charge in [-0.1, -0.05) is 202 Å². The number of unbranched alkanes of at least 4 members (excludes halogenated alkanes) is 22. The number of carbonyl (C=O) groups excluding carboxylic acids is 2. The average Bonchev–Trinajstić information content (AvgIpc) is 3.27. The zero-order valence-corrected chi connectivity index (χ0v) is 40.9. The summed E-state index contributed by atoms with van der Waals surface area (Å²) in [6, 6.07) is 0. The first kappa shape index (κ1) is 59.1. The van der Waals surface area contributed by atoms with Gasteiger partial charge in [0.05, 0.1) is 6.61 Å². The molecule has 0 aliphatic rings. The van der Waals surface area contributed by atoms with Gasteiger partial charge in [-0.2, -0.15) is 0 Å². The Morgan fingerprint density at radius 1 is 0.371 bits per heavy atom. The number of ether oxygens (including phenoxy) is 3. The molecule has 0 fully saturated rings. The molecule has 0 saturated heterocycles. The molecule has 0 saturated carbocycles. The van der Waals surface area contributed by atoms with Crippen LogP contribution in [0.4, 0.5) is 0 Å². The summed E-state index contributed by atoms with van der Waals surface area (Å²) < 4.78 is 17.4. The monoisotopic (exact) mass is 863 g/mol. The Labute approximate surface area is 384 Å². The Kier molecular flexibility index (Phi) is 50.0. The van der Waals surface area contributed by atoms with Crippen LogP contribution in [0.2, 0.25) is 0 Å². The minimum absolute atomic E-state index is 0.0664. The van der Waals surface area contributed by atoms with Gasteiger partial charge in [0.2, 0.25) is 0 Å². The van der Waals surface area contributed by atoms with Gasteiger partial charge >= 0.3 is 11.9 Å². The molecule has 0 aromatic heterocycles. The summed E-state index contributed by atoms with van der Waals surface area (Å²) in [5, 5.41) is 0. The van der Waals surface area contributed by atoms with E-state index in [9.17, 15) is 9.59 Å². The van der Waals surface area contributed by atoms with Gasteiger partial charge in [0.1, 0.15) is 6.61 Å². The number of esters is 2. The Morgan fingerprint density at radius 2 is 0.758 bits per heavy atom. The number of hydrogen-bond donors (Lipinski definition) is 0. The van der Waals surface area contributed by atoms with Crippen molar-refractivity contribution in [2.45, 2.75) is 245 Å². The summed E-state index contributed by atoms with van der Waals surface area (Å²) in [6.45, 7) is 7.60.